The maximum Gasteiger partial charge on any atom is 0.224 e. The molecule has 0 bridgehead atoms. The highest BCUT2D eigenvalue weighted by molar-refractivity contribution is 5.83. The van der Waals surface area contributed by atoms with Gasteiger partial charge in [0.2, 0.25) is 5.91 Å². The van der Waals surface area contributed by atoms with E-state index in [-0.39, 0.29) is 17.9 Å². The van der Waals surface area contributed by atoms with Gasteiger partial charge in [0.1, 0.15) is 0 Å². The van der Waals surface area contributed by atoms with Crippen molar-refractivity contribution in [3.63, 3.8) is 0 Å². The summed E-state index contributed by atoms with van der Waals surface area (Å²) in [5.74, 6) is 0.712. The van der Waals surface area contributed by atoms with Crippen LogP contribution < -0.4 is 5.32 Å². The van der Waals surface area contributed by atoms with Crippen molar-refractivity contribution < 1.29 is 4.79 Å². The molecule has 2 aromatic rings. The molecule has 0 aromatic heterocycles. The number of carbonyl (C=O) groups is 1. The molecule has 3 rings (SSSR count). The van der Waals surface area contributed by atoms with Gasteiger partial charge in [-0.05, 0) is 49.8 Å². The Bertz CT molecular complexity index is 677. The Kier molecular flexibility index (Phi) is 4.02. The summed E-state index contributed by atoms with van der Waals surface area (Å²) in [6.45, 7) is 6.25. The predicted octanol–water partition coefficient (Wildman–Crippen LogP) is 4.28. The van der Waals surface area contributed by atoms with Gasteiger partial charge in [-0.25, -0.2) is 0 Å². The molecule has 0 heterocycles. The van der Waals surface area contributed by atoms with E-state index < -0.39 is 0 Å². The highest BCUT2D eigenvalue weighted by Gasteiger charge is 2.44. The third-order valence-corrected chi connectivity index (χ3v) is 4.61. The summed E-state index contributed by atoms with van der Waals surface area (Å²) in [4.78, 5) is 12.5. The number of benzene rings is 2. The fraction of sp³-hybridized carbons (Fsp3) is 0.350. The summed E-state index contributed by atoms with van der Waals surface area (Å²) in [5, 5.41) is 3.19. The smallest absolute Gasteiger partial charge is 0.224 e. The average molecular weight is 293 g/mol. The van der Waals surface area contributed by atoms with E-state index in [0.29, 0.717) is 5.92 Å². The lowest BCUT2D eigenvalue weighted by atomic mass is 10.00. The lowest BCUT2D eigenvalue weighted by Gasteiger charge is -2.17. The van der Waals surface area contributed by atoms with Gasteiger partial charge in [-0.15, -0.1) is 0 Å². The second kappa shape index (κ2) is 5.96. The van der Waals surface area contributed by atoms with Crippen LogP contribution in [0.15, 0.2) is 48.5 Å². The van der Waals surface area contributed by atoms with Crippen LogP contribution in [0, 0.1) is 19.8 Å². The average Bonchev–Trinajstić information content (AvgIpc) is 3.31. The summed E-state index contributed by atoms with van der Waals surface area (Å²) < 4.78 is 0. The Morgan fingerprint density at radius 2 is 1.86 bits per heavy atom. The van der Waals surface area contributed by atoms with Gasteiger partial charge in [-0.1, -0.05) is 54.1 Å². The molecule has 0 saturated heterocycles. The molecule has 1 aliphatic rings. The number of aryl methyl sites for hydroxylation is 2. The van der Waals surface area contributed by atoms with Crippen LogP contribution in [-0.4, -0.2) is 5.91 Å². The molecule has 2 heteroatoms. The van der Waals surface area contributed by atoms with E-state index >= 15 is 0 Å². The third-order valence-electron chi connectivity index (χ3n) is 4.61. The Hall–Kier alpha value is -2.09. The summed E-state index contributed by atoms with van der Waals surface area (Å²) >= 11 is 0. The molecular formula is C20H23NO. The molecule has 2 aromatic carbocycles. The number of nitrogens with one attached hydrogen (secondary N) is 1. The molecule has 1 amide bonds. The molecule has 1 N–H and O–H groups in total. The summed E-state index contributed by atoms with van der Waals surface area (Å²) in [6.07, 6.45) is 0.968. The summed E-state index contributed by atoms with van der Waals surface area (Å²) in [6, 6.07) is 16.8. The van der Waals surface area contributed by atoms with E-state index in [1.807, 2.05) is 18.2 Å². The summed E-state index contributed by atoms with van der Waals surface area (Å²) in [7, 11) is 0. The van der Waals surface area contributed by atoms with Crippen molar-refractivity contribution in [3.8, 4) is 0 Å². The second-order valence-electron chi connectivity index (χ2n) is 6.45. The van der Waals surface area contributed by atoms with Gasteiger partial charge in [0, 0.05) is 5.92 Å². The van der Waals surface area contributed by atoms with E-state index in [4.69, 9.17) is 0 Å². The number of hydrogen-bond donors (Lipinski definition) is 1. The molecule has 2 nitrogen and oxygen atoms in total. The third kappa shape index (κ3) is 3.06. The van der Waals surface area contributed by atoms with E-state index in [1.165, 1.54) is 22.3 Å². The molecule has 1 aliphatic carbocycles. The van der Waals surface area contributed by atoms with Crippen LogP contribution in [-0.2, 0) is 4.79 Å². The first-order valence-electron chi connectivity index (χ1n) is 7.98. The lowest BCUT2D eigenvalue weighted by Crippen LogP contribution is -2.28. The zero-order valence-corrected chi connectivity index (χ0v) is 13.5. The van der Waals surface area contributed by atoms with Crippen LogP contribution in [0.3, 0.4) is 0 Å². The minimum absolute atomic E-state index is 0.0597. The van der Waals surface area contributed by atoms with Crippen LogP contribution in [0.5, 0.6) is 0 Å². The maximum atomic E-state index is 12.5. The molecule has 1 fully saturated rings. The van der Waals surface area contributed by atoms with Gasteiger partial charge in [0.15, 0.2) is 0 Å². The molecule has 3 atom stereocenters. The summed E-state index contributed by atoms with van der Waals surface area (Å²) in [5.41, 5.74) is 4.95. The highest BCUT2D eigenvalue weighted by atomic mass is 16.2. The van der Waals surface area contributed by atoms with E-state index in [1.54, 1.807) is 0 Å². The van der Waals surface area contributed by atoms with Gasteiger partial charge in [0.25, 0.3) is 0 Å². The fourth-order valence-electron chi connectivity index (χ4n) is 3.18. The zero-order valence-electron chi connectivity index (χ0n) is 13.5. The molecule has 0 unspecified atom stereocenters. The normalized spacial score (nSPS) is 21.2. The van der Waals surface area contributed by atoms with E-state index in [2.05, 4.69) is 56.4 Å². The topological polar surface area (TPSA) is 29.1 Å². The first kappa shape index (κ1) is 14.8. The second-order valence-corrected chi connectivity index (χ2v) is 6.45. The Balaban J connectivity index is 1.64. The van der Waals surface area contributed by atoms with Gasteiger partial charge in [0.05, 0.1) is 6.04 Å². The zero-order chi connectivity index (χ0) is 15.7. The SMILES string of the molecule is Cc1ccc(C)c([C@@H](C)NC(=O)[C@@H]2C[C@@H]2c2ccccc2)c1. The van der Waals surface area contributed by atoms with Gasteiger partial charge < -0.3 is 5.32 Å². The van der Waals surface area contributed by atoms with Crippen molar-refractivity contribution in [2.75, 3.05) is 0 Å². The first-order valence-corrected chi connectivity index (χ1v) is 7.98. The van der Waals surface area contributed by atoms with Crippen LogP contribution in [0.25, 0.3) is 0 Å². The van der Waals surface area contributed by atoms with Crippen LogP contribution in [0.1, 0.15) is 47.6 Å². The Labute approximate surface area is 132 Å². The number of rotatable bonds is 4. The molecule has 0 radical (unpaired) electrons. The Morgan fingerprint density at radius 1 is 1.14 bits per heavy atom. The van der Waals surface area contributed by atoms with Crippen molar-refractivity contribution in [1.29, 1.82) is 0 Å². The van der Waals surface area contributed by atoms with Crippen molar-refractivity contribution >= 4 is 5.91 Å². The number of amides is 1. The minimum Gasteiger partial charge on any atom is -0.349 e. The molecule has 1 saturated carbocycles. The largest absolute Gasteiger partial charge is 0.349 e. The first-order chi connectivity index (χ1) is 10.6. The van der Waals surface area contributed by atoms with Crippen molar-refractivity contribution in [1.82, 2.24) is 5.32 Å². The van der Waals surface area contributed by atoms with Crippen LogP contribution in [0.4, 0.5) is 0 Å². The number of hydrogen-bond acceptors (Lipinski definition) is 1. The maximum absolute atomic E-state index is 12.5. The number of carbonyl (C=O) groups excluding carboxylic acids is 1. The minimum atomic E-state index is 0.0597. The molecular weight excluding hydrogens is 270 g/mol. The predicted molar refractivity (Wildman–Crippen MR) is 89.8 cm³/mol. The molecule has 0 aliphatic heterocycles. The van der Waals surface area contributed by atoms with Crippen LogP contribution >= 0.6 is 0 Å². The van der Waals surface area contributed by atoms with E-state index in [9.17, 15) is 4.79 Å². The molecule has 114 valence electrons. The van der Waals surface area contributed by atoms with Gasteiger partial charge in [-0.3, -0.25) is 4.79 Å². The molecule has 22 heavy (non-hydrogen) atoms. The standard InChI is InChI=1S/C20H23NO/c1-13-9-10-14(2)17(11-13)15(3)21-20(22)19-12-18(19)16-7-5-4-6-8-16/h4-11,15,18-19H,12H2,1-3H3,(H,21,22)/t15-,18-,19-/m1/s1. The Morgan fingerprint density at radius 3 is 2.59 bits per heavy atom. The molecule has 0 spiro atoms. The van der Waals surface area contributed by atoms with Crippen molar-refractivity contribution in [2.45, 2.75) is 39.2 Å². The monoisotopic (exact) mass is 293 g/mol. The lowest BCUT2D eigenvalue weighted by molar-refractivity contribution is -0.123. The fourth-order valence-corrected chi connectivity index (χ4v) is 3.18. The van der Waals surface area contributed by atoms with Crippen molar-refractivity contribution in [3.05, 3.63) is 70.8 Å². The van der Waals surface area contributed by atoms with Crippen molar-refractivity contribution in [2.24, 2.45) is 5.92 Å². The van der Waals surface area contributed by atoms with E-state index in [0.717, 1.165) is 6.42 Å². The quantitative estimate of drug-likeness (QED) is 0.895. The highest BCUT2D eigenvalue weighted by Crippen LogP contribution is 2.47. The van der Waals surface area contributed by atoms with Gasteiger partial charge in [-0.2, -0.15) is 0 Å². The van der Waals surface area contributed by atoms with Crippen LogP contribution in [0.2, 0.25) is 0 Å². The van der Waals surface area contributed by atoms with Gasteiger partial charge >= 0.3 is 0 Å².